The normalized spacial score (nSPS) is 10.8. The first-order valence-electron chi connectivity index (χ1n) is 10.7. The van der Waals surface area contributed by atoms with Crippen molar-refractivity contribution in [3.05, 3.63) is 66.7 Å². The van der Waals surface area contributed by atoms with Crippen LogP contribution in [0.3, 0.4) is 0 Å². The summed E-state index contributed by atoms with van der Waals surface area (Å²) in [7, 11) is -0.158. The van der Waals surface area contributed by atoms with E-state index in [-0.39, 0.29) is 23.9 Å². The largest absolute Gasteiger partial charge is 0.497 e. The summed E-state index contributed by atoms with van der Waals surface area (Å²) in [6.07, 6.45) is 0. The third-order valence-electron chi connectivity index (χ3n) is 5.09. The molecule has 0 aliphatic heterocycles. The number of para-hydroxylation sites is 2. The average molecular weight is 509 g/mol. The Kier molecular flexibility index (Phi) is 7.47. The first-order chi connectivity index (χ1) is 17.4. The highest BCUT2D eigenvalue weighted by molar-refractivity contribution is 7.74. The van der Waals surface area contributed by atoms with Crippen molar-refractivity contribution in [2.24, 2.45) is 5.73 Å². The number of anilines is 5. The number of methoxy groups -OCH3 is 2. The molecule has 11 nitrogen and oxygen atoms in total. The standard InChI is InChI=1S/C24H24N6O5S/c1-34-18-11-16(12-19(13-18)35-2)27-23-24(29-21-9-4-3-8-20(21)28-23)30(36(32)33)17-7-5-6-15(10-17)26-22(31)14-25/h3-13,36H,14,25H2,1-2H3,(H,26,31)(H,27,28). The number of benzene rings is 3. The van der Waals surface area contributed by atoms with E-state index in [2.05, 4.69) is 20.6 Å². The lowest BCUT2D eigenvalue weighted by atomic mass is 10.2. The molecule has 186 valence electrons. The SMILES string of the molecule is COc1cc(Nc2nc3ccccc3nc2N(c2cccc(NC(=O)CN)c2)[SH](=O)=O)cc(OC)c1. The first-order valence-corrected chi connectivity index (χ1v) is 11.9. The maximum atomic E-state index is 12.6. The second-order valence-corrected chi connectivity index (χ2v) is 8.34. The maximum Gasteiger partial charge on any atom is 0.238 e. The van der Waals surface area contributed by atoms with Gasteiger partial charge in [0.15, 0.2) is 11.6 Å². The summed E-state index contributed by atoms with van der Waals surface area (Å²) in [4.78, 5) is 21.0. The zero-order valence-corrected chi connectivity index (χ0v) is 20.4. The molecule has 4 rings (SSSR count). The minimum Gasteiger partial charge on any atom is -0.497 e. The molecule has 0 atom stereocenters. The molecule has 1 amide bonds. The summed E-state index contributed by atoms with van der Waals surface area (Å²) in [5.41, 5.74) is 7.61. The van der Waals surface area contributed by atoms with Gasteiger partial charge < -0.3 is 25.8 Å². The summed E-state index contributed by atoms with van der Waals surface area (Å²) in [5, 5.41) is 5.77. The lowest BCUT2D eigenvalue weighted by Gasteiger charge is -2.21. The summed E-state index contributed by atoms with van der Waals surface area (Å²) < 4.78 is 36.8. The van der Waals surface area contributed by atoms with Crippen molar-refractivity contribution in [2.75, 3.05) is 35.7 Å². The van der Waals surface area contributed by atoms with Crippen LogP contribution in [0.25, 0.3) is 11.0 Å². The van der Waals surface area contributed by atoms with Gasteiger partial charge in [-0.05, 0) is 30.3 Å². The fourth-order valence-electron chi connectivity index (χ4n) is 3.46. The molecule has 0 radical (unpaired) electrons. The molecular weight excluding hydrogens is 484 g/mol. The van der Waals surface area contributed by atoms with E-state index in [1.165, 1.54) is 20.3 Å². The van der Waals surface area contributed by atoms with Crippen molar-refractivity contribution >= 4 is 56.5 Å². The highest BCUT2D eigenvalue weighted by Gasteiger charge is 2.21. The number of ether oxygens (including phenoxy) is 2. The van der Waals surface area contributed by atoms with Crippen LogP contribution in [-0.2, 0) is 15.7 Å². The topological polar surface area (TPSA) is 149 Å². The summed E-state index contributed by atoms with van der Waals surface area (Å²) in [6, 6.07) is 18.6. The smallest absolute Gasteiger partial charge is 0.238 e. The maximum absolute atomic E-state index is 12.6. The molecule has 0 saturated carbocycles. The number of nitrogens with zero attached hydrogens (tertiary/aromatic N) is 3. The molecule has 0 aliphatic carbocycles. The van der Waals surface area contributed by atoms with Crippen LogP contribution in [0.1, 0.15) is 0 Å². The zero-order valence-electron chi connectivity index (χ0n) is 19.5. The molecule has 1 heterocycles. The third kappa shape index (κ3) is 5.45. The number of hydrogen-bond acceptors (Lipinski definition) is 9. The Morgan fingerprint density at radius 1 is 0.917 bits per heavy atom. The Morgan fingerprint density at radius 3 is 2.19 bits per heavy atom. The molecular formula is C24H24N6O5S. The molecule has 36 heavy (non-hydrogen) atoms. The van der Waals surface area contributed by atoms with Crippen molar-refractivity contribution < 1.29 is 22.7 Å². The van der Waals surface area contributed by atoms with Gasteiger partial charge in [0.2, 0.25) is 16.8 Å². The molecule has 0 unspecified atom stereocenters. The Balaban J connectivity index is 1.86. The summed E-state index contributed by atoms with van der Waals surface area (Å²) in [6.45, 7) is -0.210. The van der Waals surface area contributed by atoms with Crippen LogP contribution in [0.15, 0.2) is 66.7 Å². The molecule has 12 heteroatoms. The van der Waals surface area contributed by atoms with E-state index in [0.717, 1.165) is 4.31 Å². The Morgan fingerprint density at radius 2 is 1.58 bits per heavy atom. The van der Waals surface area contributed by atoms with Gasteiger partial charge in [-0.3, -0.25) is 4.79 Å². The van der Waals surface area contributed by atoms with Gasteiger partial charge in [0.1, 0.15) is 11.5 Å². The lowest BCUT2D eigenvalue weighted by molar-refractivity contribution is -0.114. The van der Waals surface area contributed by atoms with Crippen molar-refractivity contribution in [2.45, 2.75) is 0 Å². The Hall–Kier alpha value is -4.42. The molecule has 1 aromatic heterocycles. The van der Waals surface area contributed by atoms with Crippen LogP contribution in [-0.4, -0.2) is 45.1 Å². The Labute approximate surface area is 209 Å². The van der Waals surface area contributed by atoms with Gasteiger partial charge in [-0.1, -0.05) is 18.2 Å². The Bertz CT molecular complexity index is 1460. The lowest BCUT2D eigenvalue weighted by Crippen LogP contribution is -2.22. The molecule has 0 bridgehead atoms. The molecule has 3 aromatic carbocycles. The summed E-state index contributed by atoms with van der Waals surface area (Å²) >= 11 is 0. The predicted molar refractivity (Wildman–Crippen MR) is 139 cm³/mol. The monoisotopic (exact) mass is 508 g/mol. The molecule has 4 N–H and O–H groups in total. The van der Waals surface area contributed by atoms with Crippen molar-refractivity contribution in [3.8, 4) is 11.5 Å². The quantitative estimate of drug-likeness (QED) is 0.250. The van der Waals surface area contributed by atoms with Gasteiger partial charge in [-0.15, -0.1) is 0 Å². The second-order valence-electron chi connectivity index (χ2n) is 7.46. The van der Waals surface area contributed by atoms with E-state index >= 15 is 0 Å². The van der Waals surface area contributed by atoms with Crippen molar-refractivity contribution in [3.63, 3.8) is 0 Å². The summed E-state index contributed by atoms with van der Waals surface area (Å²) in [5.74, 6) is 0.864. The number of amides is 1. The fourth-order valence-corrected chi connectivity index (χ4v) is 4.07. The van der Waals surface area contributed by atoms with E-state index in [9.17, 15) is 13.2 Å². The van der Waals surface area contributed by atoms with Crippen LogP contribution < -0.4 is 30.1 Å². The fraction of sp³-hybridized carbons (Fsp3) is 0.125. The number of carbonyl (C=O) groups is 1. The van der Waals surface area contributed by atoms with Gasteiger partial charge in [0.25, 0.3) is 0 Å². The van der Waals surface area contributed by atoms with E-state index in [4.69, 9.17) is 15.2 Å². The third-order valence-corrected chi connectivity index (χ3v) is 5.84. The van der Waals surface area contributed by atoms with Gasteiger partial charge in [-0.2, -0.15) is 0 Å². The highest BCUT2D eigenvalue weighted by atomic mass is 32.2. The predicted octanol–water partition coefficient (Wildman–Crippen LogP) is 2.95. The number of nitrogens with one attached hydrogen (secondary N) is 2. The molecule has 4 aromatic rings. The van der Waals surface area contributed by atoms with Crippen molar-refractivity contribution in [1.82, 2.24) is 9.97 Å². The minimum atomic E-state index is -3.21. The van der Waals surface area contributed by atoms with Gasteiger partial charge in [0.05, 0.1) is 37.5 Å². The minimum absolute atomic E-state index is 0.0360. The number of thiol groups is 1. The van der Waals surface area contributed by atoms with E-state index < -0.39 is 16.8 Å². The van der Waals surface area contributed by atoms with E-state index in [1.54, 1.807) is 54.6 Å². The first kappa shape index (κ1) is 24.7. The second kappa shape index (κ2) is 10.9. The van der Waals surface area contributed by atoms with Crippen LogP contribution in [0.5, 0.6) is 11.5 Å². The average Bonchev–Trinajstić information content (AvgIpc) is 2.88. The van der Waals surface area contributed by atoms with Crippen LogP contribution >= 0.6 is 0 Å². The van der Waals surface area contributed by atoms with Crippen LogP contribution in [0.4, 0.5) is 28.7 Å². The molecule has 0 saturated heterocycles. The molecule has 0 aliphatic rings. The van der Waals surface area contributed by atoms with Gasteiger partial charge >= 0.3 is 0 Å². The van der Waals surface area contributed by atoms with Crippen LogP contribution in [0, 0.1) is 0 Å². The van der Waals surface area contributed by atoms with Crippen LogP contribution in [0.2, 0.25) is 0 Å². The number of hydrogen-bond donors (Lipinski definition) is 4. The number of fused-ring (bicyclic) bond motifs is 1. The van der Waals surface area contributed by atoms with E-state index in [0.29, 0.717) is 33.9 Å². The number of carbonyl (C=O) groups excluding carboxylic acids is 1. The zero-order chi connectivity index (χ0) is 25.7. The molecule has 0 fully saturated rings. The highest BCUT2D eigenvalue weighted by Crippen LogP contribution is 2.35. The van der Waals surface area contributed by atoms with Gasteiger partial charge in [0, 0.05) is 29.6 Å². The van der Waals surface area contributed by atoms with Crippen molar-refractivity contribution in [1.29, 1.82) is 0 Å². The van der Waals surface area contributed by atoms with E-state index in [1.807, 2.05) is 6.07 Å². The number of nitrogens with two attached hydrogens (primary N) is 1. The number of rotatable bonds is 9. The molecule has 0 spiro atoms. The number of aromatic nitrogens is 2. The van der Waals surface area contributed by atoms with Gasteiger partial charge in [-0.25, -0.2) is 22.7 Å².